The fourth-order valence-corrected chi connectivity index (χ4v) is 7.62. The molecule has 4 nitrogen and oxygen atoms in total. The lowest BCUT2D eigenvalue weighted by atomic mass is 9.96. The number of hydrogen-bond donors (Lipinski definition) is 0. The van der Waals surface area contributed by atoms with Crippen molar-refractivity contribution in [2.45, 2.75) is 38.1 Å². The lowest BCUT2D eigenvalue weighted by Crippen LogP contribution is -2.48. The summed E-state index contributed by atoms with van der Waals surface area (Å²) in [4.78, 5) is 18.3. The number of anilines is 1. The van der Waals surface area contributed by atoms with Gasteiger partial charge in [-0.15, -0.1) is 11.3 Å². The van der Waals surface area contributed by atoms with Crippen LogP contribution in [-0.4, -0.2) is 41.0 Å². The fraction of sp³-hybridized carbons (Fsp3) is 0.294. The molecule has 1 aliphatic heterocycles. The van der Waals surface area contributed by atoms with Crippen molar-refractivity contribution < 1.29 is 0 Å². The van der Waals surface area contributed by atoms with Gasteiger partial charge in [-0.2, -0.15) is 0 Å². The van der Waals surface area contributed by atoms with Gasteiger partial charge in [0, 0.05) is 37.5 Å². The van der Waals surface area contributed by atoms with Gasteiger partial charge in [0.15, 0.2) is 0 Å². The smallest absolute Gasteiger partial charge is 0.141 e. The Balaban J connectivity index is 1.21. The number of benzene rings is 3. The second kappa shape index (κ2) is 10.9. The third kappa shape index (κ3) is 4.97. The van der Waals surface area contributed by atoms with E-state index in [-0.39, 0.29) is 6.04 Å². The number of thiophene rings is 1. The largest absolute Gasteiger partial charge is 0.353 e. The molecule has 1 fully saturated rings. The minimum Gasteiger partial charge on any atom is -0.353 e. The van der Waals surface area contributed by atoms with Crippen molar-refractivity contribution in [2.24, 2.45) is 0 Å². The van der Waals surface area contributed by atoms with Crippen LogP contribution in [-0.2, 0) is 19.3 Å². The van der Waals surface area contributed by atoms with E-state index in [0.29, 0.717) is 0 Å². The summed E-state index contributed by atoms with van der Waals surface area (Å²) < 4.78 is 0. The number of nitrogens with zero attached hydrogens (tertiary/aromatic N) is 4. The molecule has 1 saturated heterocycles. The maximum Gasteiger partial charge on any atom is 0.141 e. The van der Waals surface area contributed by atoms with Crippen LogP contribution in [0.25, 0.3) is 10.2 Å². The molecule has 2 aliphatic rings. The van der Waals surface area contributed by atoms with Crippen molar-refractivity contribution in [3.05, 3.63) is 124 Å². The summed E-state index contributed by atoms with van der Waals surface area (Å²) in [6, 6.07) is 32.8. The molecular weight excluding hydrogens is 496 g/mol. The molecule has 0 N–H and O–H groups in total. The normalized spacial score (nSPS) is 16.1. The molecule has 5 heteroatoms. The number of aromatic nitrogens is 2. The maximum atomic E-state index is 5.29. The van der Waals surface area contributed by atoms with Gasteiger partial charge in [-0.25, -0.2) is 9.97 Å². The molecule has 0 saturated carbocycles. The predicted molar refractivity (Wildman–Crippen MR) is 162 cm³/mol. The molecule has 5 aromatic rings. The SMILES string of the molecule is c1ccc(Cc2nc(N3CCN(C(c4ccccc4)c4ccccc4)CC3)c3c4c(sc3n2)CCCC4)cc1. The Kier molecular flexibility index (Phi) is 6.85. The van der Waals surface area contributed by atoms with Crippen molar-refractivity contribution in [1.29, 1.82) is 0 Å². The minimum absolute atomic E-state index is 0.266. The maximum absolute atomic E-state index is 5.29. The lowest BCUT2D eigenvalue weighted by Gasteiger charge is -2.40. The number of fused-ring (bicyclic) bond motifs is 3. The van der Waals surface area contributed by atoms with E-state index in [4.69, 9.17) is 9.97 Å². The first kappa shape index (κ1) is 24.5. The molecule has 0 atom stereocenters. The van der Waals surface area contributed by atoms with Gasteiger partial charge in [-0.1, -0.05) is 91.0 Å². The molecule has 0 bridgehead atoms. The predicted octanol–water partition coefficient (Wildman–Crippen LogP) is 7.07. The zero-order valence-corrected chi connectivity index (χ0v) is 23.1. The zero-order chi connectivity index (χ0) is 26.0. The van der Waals surface area contributed by atoms with Crippen LogP contribution in [0.3, 0.4) is 0 Å². The van der Waals surface area contributed by atoms with Gasteiger partial charge in [-0.3, -0.25) is 4.90 Å². The lowest BCUT2D eigenvalue weighted by molar-refractivity contribution is 0.212. The van der Waals surface area contributed by atoms with Crippen molar-refractivity contribution >= 4 is 27.4 Å². The van der Waals surface area contributed by atoms with E-state index in [1.54, 1.807) is 0 Å². The Morgan fingerprint density at radius 1 is 0.692 bits per heavy atom. The average molecular weight is 531 g/mol. The van der Waals surface area contributed by atoms with E-state index < -0.39 is 0 Å². The Morgan fingerprint density at radius 2 is 1.31 bits per heavy atom. The molecular formula is C34H34N4S. The quantitative estimate of drug-likeness (QED) is 0.235. The summed E-state index contributed by atoms with van der Waals surface area (Å²) in [5.41, 5.74) is 5.51. The topological polar surface area (TPSA) is 32.3 Å². The molecule has 39 heavy (non-hydrogen) atoms. The molecule has 0 radical (unpaired) electrons. The van der Waals surface area contributed by atoms with Gasteiger partial charge >= 0.3 is 0 Å². The molecule has 1 aliphatic carbocycles. The summed E-state index contributed by atoms with van der Waals surface area (Å²) in [6.45, 7) is 3.94. The third-order valence-corrected chi connectivity index (χ3v) is 9.44. The van der Waals surface area contributed by atoms with Gasteiger partial charge in [0.1, 0.15) is 16.5 Å². The molecule has 3 aromatic carbocycles. The highest BCUT2D eigenvalue weighted by atomic mass is 32.1. The van der Waals surface area contributed by atoms with Crippen LogP contribution in [0, 0.1) is 0 Å². The Morgan fingerprint density at radius 3 is 1.97 bits per heavy atom. The van der Waals surface area contributed by atoms with Gasteiger partial charge in [0.2, 0.25) is 0 Å². The van der Waals surface area contributed by atoms with Crippen LogP contribution in [0.1, 0.15) is 51.8 Å². The molecule has 0 unspecified atom stereocenters. The van der Waals surface area contributed by atoms with E-state index in [1.165, 1.54) is 62.4 Å². The van der Waals surface area contributed by atoms with Crippen LogP contribution < -0.4 is 4.90 Å². The third-order valence-electron chi connectivity index (χ3n) is 8.26. The highest BCUT2D eigenvalue weighted by Crippen LogP contribution is 2.40. The number of piperazine rings is 1. The van der Waals surface area contributed by atoms with Crippen LogP contribution in [0.4, 0.5) is 5.82 Å². The zero-order valence-electron chi connectivity index (χ0n) is 22.3. The highest BCUT2D eigenvalue weighted by molar-refractivity contribution is 7.19. The fourth-order valence-electron chi connectivity index (χ4n) is 6.34. The highest BCUT2D eigenvalue weighted by Gasteiger charge is 2.29. The van der Waals surface area contributed by atoms with Gasteiger partial charge in [-0.05, 0) is 47.9 Å². The Bertz CT molecular complexity index is 1500. The summed E-state index contributed by atoms with van der Waals surface area (Å²) in [6.07, 6.45) is 5.68. The molecule has 2 aromatic heterocycles. The molecule has 0 spiro atoms. The Hall–Kier alpha value is -3.54. The van der Waals surface area contributed by atoms with Crippen LogP contribution in [0.2, 0.25) is 0 Å². The van der Waals surface area contributed by atoms with E-state index in [0.717, 1.165) is 44.8 Å². The van der Waals surface area contributed by atoms with E-state index in [1.807, 2.05) is 11.3 Å². The monoisotopic (exact) mass is 530 g/mol. The van der Waals surface area contributed by atoms with Gasteiger partial charge in [0.25, 0.3) is 0 Å². The van der Waals surface area contributed by atoms with E-state index in [2.05, 4.69) is 101 Å². The van der Waals surface area contributed by atoms with Crippen molar-refractivity contribution in [3.63, 3.8) is 0 Å². The summed E-state index contributed by atoms with van der Waals surface area (Å²) >= 11 is 1.91. The van der Waals surface area contributed by atoms with Crippen LogP contribution in [0.15, 0.2) is 91.0 Å². The van der Waals surface area contributed by atoms with Gasteiger partial charge < -0.3 is 4.90 Å². The van der Waals surface area contributed by atoms with E-state index >= 15 is 0 Å². The molecule has 7 rings (SSSR count). The number of rotatable bonds is 6. The van der Waals surface area contributed by atoms with Crippen molar-refractivity contribution in [2.75, 3.05) is 31.1 Å². The molecule has 0 amide bonds. The second-order valence-corrected chi connectivity index (χ2v) is 11.8. The first-order valence-corrected chi connectivity index (χ1v) is 15.1. The Labute approximate surface area is 235 Å². The minimum atomic E-state index is 0.266. The van der Waals surface area contributed by atoms with Crippen molar-refractivity contribution in [1.82, 2.24) is 14.9 Å². The average Bonchev–Trinajstić information content (AvgIpc) is 3.37. The molecule has 3 heterocycles. The first-order chi connectivity index (χ1) is 19.3. The standard InChI is InChI=1S/C34H34N4S/c1-4-12-25(13-5-1)24-30-35-33(31-28-18-10-11-19-29(28)39-34(31)36-30)38-22-20-37(21-23-38)32(26-14-6-2-7-15-26)27-16-8-3-9-17-27/h1-9,12-17,32H,10-11,18-24H2. The van der Waals surface area contributed by atoms with Crippen molar-refractivity contribution in [3.8, 4) is 0 Å². The first-order valence-electron chi connectivity index (χ1n) is 14.3. The summed E-state index contributed by atoms with van der Waals surface area (Å²) in [5, 5.41) is 1.34. The van der Waals surface area contributed by atoms with E-state index in [9.17, 15) is 0 Å². The number of hydrogen-bond acceptors (Lipinski definition) is 5. The number of aryl methyl sites for hydroxylation is 2. The van der Waals surface area contributed by atoms with Crippen LogP contribution >= 0.6 is 11.3 Å². The van der Waals surface area contributed by atoms with Crippen LogP contribution in [0.5, 0.6) is 0 Å². The van der Waals surface area contributed by atoms with Gasteiger partial charge in [0.05, 0.1) is 11.4 Å². The second-order valence-electron chi connectivity index (χ2n) is 10.8. The molecule has 196 valence electrons. The summed E-state index contributed by atoms with van der Waals surface area (Å²) in [7, 11) is 0. The summed E-state index contributed by atoms with van der Waals surface area (Å²) in [5.74, 6) is 2.11.